The van der Waals surface area contributed by atoms with Gasteiger partial charge in [-0.25, -0.2) is 0 Å². The van der Waals surface area contributed by atoms with Crippen LogP contribution in [0.25, 0.3) is 0 Å². The van der Waals surface area contributed by atoms with Crippen LogP contribution in [0, 0.1) is 5.92 Å². The highest BCUT2D eigenvalue weighted by atomic mass is 79.9. The van der Waals surface area contributed by atoms with Gasteiger partial charge in [-0.05, 0) is 48.5 Å². The molecule has 3 rings (SSSR count). The van der Waals surface area contributed by atoms with Crippen LogP contribution in [0.3, 0.4) is 0 Å². The van der Waals surface area contributed by atoms with Crippen molar-refractivity contribution in [1.29, 1.82) is 0 Å². The van der Waals surface area contributed by atoms with E-state index in [1.807, 2.05) is 24.3 Å². The predicted octanol–water partition coefficient (Wildman–Crippen LogP) is 3.24. The molecule has 0 bridgehead atoms. The van der Waals surface area contributed by atoms with Crippen LogP contribution >= 0.6 is 15.9 Å². The number of ether oxygens (including phenoxy) is 2. The van der Waals surface area contributed by atoms with Gasteiger partial charge in [0, 0.05) is 28.7 Å². The van der Waals surface area contributed by atoms with Gasteiger partial charge in [0.2, 0.25) is 5.91 Å². The molecule has 140 valence electrons. The van der Waals surface area contributed by atoms with E-state index in [0.717, 1.165) is 10.2 Å². The first-order valence-corrected chi connectivity index (χ1v) is 9.17. The molecule has 1 unspecified atom stereocenters. The van der Waals surface area contributed by atoms with Crippen LogP contribution < -0.4 is 9.64 Å². The van der Waals surface area contributed by atoms with Gasteiger partial charge in [-0.15, -0.1) is 0 Å². The Bertz CT molecular complexity index is 848. The van der Waals surface area contributed by atoms with Gasteiger partial charge in [-0.3, -0.25) is 14.4 Å². The number of carbonyl (C=O) groups is 3. The number of hydrogen-bond donors (Lipinski definition) is 0. The van der Waals surface area contributed by atoms with E-state index in [0.29, 0.717) is 11.3 Å². The number of rotatable bonds is 6. The highest BCUT2D eigenvalue weighted by Crippen LogP contribution is 2.27. The van der Waals surface area contributed by atoms with Gasteiger partial charge in [0.25, 0.3) is 0 Å². The van der Waals surface area contributed by atoms with Crippen molar-refractivity contribution in [2.24, 2.45) is 5.92 Å². The number of benzene rings is 2. The summed E-state index contributed by atoms with van der Waals surface area (Å²) in [5.74, 6) is -0.920. The van der Waals surface area contributed by atoms with Gasteiger partial charge in [0.15, 0.2) is 12.4 Å². The summed E-state index contributed by atoms with van der Waals surface area (Å²) < 4.78 is 11.1. The third kappa shape index (κ3) is 4.54. The van der Waals surface area contributed by atoms with Crippen molar-refractivity contribution < 1.29 is 23.9 Å². The zero-order valence-corrected chi connectivity index (χ0v) is 16.3. The van der Waals surface area contributed by atoms with E-state index < -0.39 is 11.9 Å². The van der Waals surface area contributed by atoms with Gasteiger partial charge < -0.3 is 14.4 Å². The first kappa shape index (κ1) is 19.1. The van der Waals surface area contributed by atoms with Crippen molar-refractivity contribution in [1.82, 2.24) is 0 Å². The molecule has 1 amide bonds. The van der Waals surface area contributed by atoms with Crippen LogP contribution in [0.2, 0.25) is 0 Å². The third-order valence-corrected chi connectivity index (χ3v) is 4.88. The number of carbonyl (C=O) groups excluding carboxylic acids is 3. The lowest BCUT2D eigenvalue weighted by Gasteiger charge is -2.16. The van der Waals surface area contributed by atoms with Crippen LogP contribution in [-0.4, -0.2) is 37.9 Å². The summed E-state index contributed by atoms with van der Waals surface area (Å²) in [5.41, 5.74) is 1.16. The highest BCUT2D eigenvalue weighted by Gasteiger charge is 2.36. The SMILES string of the molecule is COc1ccc(C(=O)COC(=O)C2CC(=O)N(c3ccc(Br)cc3)C2)cc1. The molecule has 7 heteroatoms. The highest BCUT2D eigenvalue weighted by molar-refractivity contribution is 9.10. The van der Waals surface area contributed by atoms with Crippen molar-refractivity contribution in [2.75, 3.05) is 25.2 Å². The van der Waals surface area contributed by atoms with Crippen LogP contribution in [-0.2, 0) is 14.3 Å². The molecule has 1 fully saturated rings. The Labute approximate surface area is 165 Å². The molecule has 2 aromatic carbocycles. The minimum absolute atomic E-state index is 0.0750. The lowest BCUT2D eigenvalue weighted by Crippen LogP contribution is -2.27. The second-order valence-electron chi connectivity index (χ2n) is 6.14. The first-order valence-electron chi connectivity index (χ1n) is 8.37. The van der Waals surface area contributed by atoms with Crippen molar-refractivity contribution in [3.05, 3.63) is 58.6 Å². The monoisotopic (exact) mass is 431 g/mol. The van der Waals surface area contributed by atoms with Crippen LogP contribution in [0.1, 0.15) is 16.8 Å². The molecule has 0 aromatic heterocycles. The number of amides is 1. The largest absolute Gasteiger partial charge is 0.497 e. The lowest BCUT2D eigenvalue weighted by atomic mass is 10.1. The number of methoxy groups -OCH3 is 1. The van der Waals surface area contributed by atoms with Gasteiger partial charge in [-0.2, -0.15) is 0 Å². The van der Waals surface area contributed by atoms with E-state index in [2.05, 4.69) is 15.9 Å². The first-order chi connectivity index (χ1) is 13.0. The van der Waals surface area contributed by atoms with E-state index in [9.17, 15) is 14.4 Å². The van der Waals surface area contributed by atoms with Crippen molar-refractivity contribution in [3.63, 3.8) is 0 Å². The van der Waals surface area contributed by atoms with Gasteiger partial charge in [-0.1, -0.05) is 15.9 Å². The number of hydrogen-bond acceptors (Lipinski definition) is 5. The number of ketones is 1. The fourth-order valence-electron chi connectivity index (χ4n) is 2.85. The molecule has 0 saturated carbocycles. The molecule has 1 atom stereocenters. The van der Waals surface area contributed by atoms with Crippen LogP contribution in [0.4, 0.5) is 5.69 Å². The average Bonchev–Trinajstić information content (AvgIpc) is 3.08. The molecule has 1 heterocycles. The number of Topliss-reactive ketones (excluding diaryl/α,β-unsaturated/α-hetero) is 1. The van der Waals surface area contributed by atoms with Crippen molar-refractivity contribution in [2.45, 2.75) is 6.42 Å². The smallest absolute Gasteiger partial charge is 0.311 e. The fourth-order valence-corrected chi connectivity index (χ4v) is 3.12. The molecular formula is C20H18BrNO5. The second-order valence-corrected chi connectivity index (χ2v) is 7.06. The molecule has 0 radical (unpaired) electrons. The van der Waals surface area contributed by atoms with E-state index in [4.69, 9.17) is 9.47 Å². The van der Waals surface area contributed by atoms with Gasteiger partial charge in [0.1, 0.15) is 5.75 Å². The van der Waals surface area contributed by atoms with E-state index in [-0.39, 0.29) is 31.3 Å². The molecule has 0 spiro atoms. The number of halogens is 1. The minimum Gasteiger partial charge on any atom is -0.497 e. The Morgan fingerprint density at radius 1 is 1.11 bits per heavy atom. The fraction of sp³-hybridized carbons (Fsp3) is 0.250. The summed E-state index contributed by atoms with van der Waals surface area (Å²) in [7, 11) is 1.54. The zero-order chi connectivity index (χ0) is 19.4. The Morgan fingerprint density at radius 2 is 1.78 bits per heavy atom. The number of anilines is 1. The van der Waals surface area contributed by atoms with E-state index in [1.54, 1.807) is 36.3 Å². The maximum atomic E-state index is 12.3. The molecule has 27 heavy (non-hydrogen) atoms. The quantitative estimate of drug-likeness (QED) is 0.518. The molecule has 1 aliphatic heterocycles. The standard InChI is InChI=1S/C20H18BrNO5/c1-26-17-8-2-13(3-9-17)18(23)12-27-20(25)14-10-19(24)22(11-14)16-6-4-15(21)5-7-16/h2-9,14H,10-12H2,1H3. The van der Waals surface area contributed by atoms with Crippen molar-refractivity contribution >= 4 is 39.3 Å². The number of nitrogens with zero attached hydrogens (tertiary/aromatic N) is 1. The average molecular weight is 432 g/mol. The van der Waals surface area contributed by atoms with Crippen molar-refractivity contribution in [3.8, 4) is 5.75 Å². The summed E-state index contributed by atoms with van der Waals surface area (Å²) in [6, 6.07) is 13.9. The maximum Gasteiger partial charge on any atom is 0.311 e. The summed E-state index contributed by atoms with van der Waals surface area (Å²) in [4.78, 5) is 38.2. The summed E-state index contributed by atoms with van der Waals surface area (Å²) in [5, 5.41) is 0. The maximum absolute atomic E-state index is 12.3. The molecule has 0 aliphatic carbocycles. The molecule has 1 aliphatic rings. The lowest BCUT2D eigenvalue weighted by molar-refractivity contribution is -0.147. The molecule has 1 saturated heterocycles. The molecule has 6 nitrogen and oxygen atoms in total. The van der Waals surface area contributed by atoms with Crippen LogP contribution in [0.5, 0.6) is 5.75 Å². The summed E-state index contributed by atoms with van der Waals surface area (Å²) in [6.45, 7) is -0.107. The second kappa shape index (κ2) is 8.35. The summed E-state index contributed by atoms with van der Waals surface area (Å²) in [6.07, 6.45) is 0.0750. The molecular weight excluding hydrogens is 414 g/mol. The predicted molar refractivity (Wildman–Crippen MR) is 103 cm³/mol. The molecule has 0 N–H and O–H groups in total. The Morgan fingerprint density at radius 3 is 2.41 bits per heavy atom. The van der Waals surface area contributed by atoms with Gasteiger partial charge >= 0.3 is 5.97 Å². The zero-order valence-electron chi connectivity index (χ0n) is 14.7. The normalized spacial score (nSPS) is 16.3. The topological polar surface area (TPSA) is 72.9 Å². The van der Waals surface area contributed by atoms with E-state index in [1.165, 1.54) is 0 Å². The summed E-state index contributed by atoms with van der Waals surface area (Å²) >= 11 is 3.35. The third-order valence-electron chi connectivity index (χ3n) is 4.35. The van der Waals surface area contributed by atoms with E-state index >= 15 is 0 Å². The van der Waals surface area contributed by atoms with Crippen LogP contribution in [0.15, 0.2) is 53.0 Å². The minimum atomic E-state index is -0.579. The Kier molecular flexibility index (Phi) is 5.91. The Balaban J connectivity index is 1.55. The van der Waals surface area contributed by atoms with Gasteiger partial charge in [0.05, 0.1) is 13.0 Å². The number of esters is 1. The molecule has 2 aromatic rings. The Hall–Kier alpha value is -2.67.